The zero-order valence-corrected chi connectivity index (χ0v) is 7.89. The molecule has 1 fully saturated rings. The second-order valence-electron chi connectivity index (χ2n) is 3.39. The molecular weight excluding hydrogens is 200 g/mol. The summed E-state index contributed by atoms with van der Waals surface area (Å²) >= 11 is 0. The van der Waals surface area contributed by atoms with Gasteiger partial charge in [-0.25, -0.2) is 0 Å². The molecule has 3 atom stereocenters. The van der Waals surface area contributed by atoms with Crippen LogP contribution in [0.2, 0.25) is 0 Å². The number of azide groups is 2. The van der Waals surface area contributed by atoms with Gasteiger partial charge in [-0.05, 0) is 30.3 Å². The number of hydrogen-bond donors (Lipinski definition) is 1. The van der Waals surface area contributed by atoms with Gasteiger partial charge in [0.15, 0.2) is 0 Å². The number of carboxylic acid groups (broad SMARTS) is 1. The van der Waals surface area contributed by atoms with Gasteiger partial charge in [0.05, 0.1) is 5.92 Å². The van der Waals surface area contributed by atoms with Crippen LogP contribution in [0.5, 0.6) is 0 Å². The molecule has 1 rings (SSSR count). The van der Waals surface area contributed by atoms with Gasteiger partial charge in [0, 0.05) is 21.9 Å². The van der Waals surface area contributed by atoms with Crippen LogP contribution >= 0.6 is 0 Å². The highest BCUT2D eigenvalue weighted by atomic mass is 16.4. The van der Waals surface area contributed by atoms with E-state index < -0.39 is 24.0 Å². The quantitative estimate of drug-likeness (QED) is 0.434. The van der Waals surface area contributed by atoms with Gasteiger partial charge in [-0.2, -0.15) is 0 Å². The summed E-state index contributed by atoms with van der Waals surface area (Å²) in [4.78, 5) is 16.0. The van der Waals surface area contributed by atoms with Crippen molar-refractivity contribution < 1.29 is 9.90 Å². The Balaban J connectivity index is 2.77. The molecule has 1 aliphatic carbocycles. The Morgan fingerprint density at radius 1 is 1.20 bits per heavy atom. The first-order valence-corrected chi connectivity index (χ1v) is 4.50. The molecule has 0 heterocycles. The molecule has 80 valence electrons. The standard InChI is InChI=1S/C7H10N6O2/c8-12-10-5-2-1-4(7(14)15)3-6(5)11-13-9/h4-6H,1-3H2,(H,14,15)/t4?,5-,6-/m1/s1. The summed E-state index contributed by atoms with van der Waals surface area (Å²) in [5, 5.41) is 15.8. The van der Waals surface area contributed by atoms with Crippen LogP contribution in [0.3, 0.4) is 0 Å². The molecule has 0 amide bonds. The van der Waals surface area contributed by atoms with Crippen molar-refractivity contribution in [2.75, 3.05) is 0 Å². The lowest BCUT2D eigenvalue weighted by molar-refractivity contribution is -0.143. The molecule has 0 aliphatic heterocycles. The van der Waals surface area contributed by atoms with Gasteiger partial charge >= 0.3 is 5.97 Å². The average Bonchev–Trinajstić information content (AvgIpc) is 2.21. The van der Waals surface area contributed by atoms with Crippen LogP contribution in [0.4, 0.5) is 0 Å². The van der Waals surface area contributed by atoms with Gasteiger partial charge in [-0.1, -0.05) is 10.2 Å². The van der Waals surface area contributed by atoms with Crippen LogP contribution in [0, 0.1) is 5.92 Å². The monoisotopic (exact) mass is 210 g/mol. The molecule has 15 heavy (non-hydrogen) atoms. The lowest BCUT2D eigenvalue weighted by Crippen LogP contribution is -2.33. The minimum absolute atomic E-state index is 0.239. The van der Waals surface area contributed by atoms with Gasteiger partial charge in [-0.3, -0.25) is 4.79 Å². The van der Waals surface area contributed by atoms with E-state index in [9.17, 15) is 4.79 Å². The maximum Gasteiger partial charge on any atom is 0.306 e. The predicted molar refractivity (Wildman–Crippen MR) is 50.8 cm³/mol. The largest absolute Gasteiger partial charge is 0.481 e. The minimum atomic E-state index is -0.896. The summed E-state index contributed by atoms with van der Waals surface area (Å²) in [5.41, 5.74) is 16.6. The summed E-state index contributed by atoms with van der Waals surface area (Å²) in [6.07, 6.45) is 1.14. The number of carboxylic acids is 1. The Labute approximate surface area is 85.1 Å². The van der Waals surface area contributed by atoms with Crippen molar-refractivity contribution in [2.24, 2.45) is 16.1 Å². The molecule has 1 unspecified atom stereocenters. The second-order valence-corrected chi connectivity index (χ2v) is 3.39. The van der Waals surface area contributed by atoms with Crippen LogP contribution in [0.1, 0.15) is 19.3 Å². The third-order valence-electron chi connectivity index (χ3n) is 2.53. The van der Waals surface area contributed by atoms with Crippen molar-refractivity contribution in [3.05, 3.63) is 20.9 Å². The molecule has 0 saturated heterocycles. The summed E-state index contributed by atoms with van der Waals surface area (Å²) < 4.78 is 0. The highest BCUT2D eigenvalue weighted by molar-refractivity contribution is 5.70. The first kappa shape index (κ1) is 11.2. The van der Waals surface area contributed by atoms with Crippen molar-refractivity contribution in [3.8, 4) is 0 Å². The van der Waals surface area contributed by atoms with Crippen LogP contribution in [0.25, 0.3) is 20.9 Å². The van der Waals surface area contributed by atoms with Crippen molar-refractivity contribution in [1.82, 2.24) is 0 Å². The highest BCUT2D eigenvalue weighted by Crippen LogP contribution is 2.29. The number of nitrogens with zero attached hydrogens (tertiary/aromatic N) is 6. The normalized spacial score (nSPS) is 29.7. The average molecular weight is 210 g/mol. The molecule has 0 radical (unpaired) electrons. The zero-order chi connectivity index (χ0) is 11.3. The smallest absolute Gasteiger partial charge is 0.306 e. The molecule has 1 saturated carbocycles. The Morgan fingerprint density at radius 2 is 1.80 bits per heavy atom. The number of hydrogen-bond acceptors (Lipinski definition) is 3. The first-order valence-electron chi connectivity index (χ1n) is 4.50. The van der Waals surface area contributed by atoms with E-state index in [1.807, 2.05) is 0 Å². The van der Waals surface area contributed by atoms with E-state index in [2.05, 4.69) is 20.1 Å². The van der Waals surface area contributed by atoms with Crippen LogP contribution in [0.15, 0.2) is 10.2 Å². The fourth-order valence-corrected chi connectivity index (χ4v) is 1.75. The molecule has 1 N–H and O–H groups in total. The summed E-state index contributed by atoms with van der Waals surface area (Å²) in [6, 6.07) is -0.956. The molecule has 0 aromatic heterocycles. The lowest BCUT2D eigenvalue weighted by Gasteiger charge is -2.28. The van der Waals surface area contributed by atoms with E-state index in [-0.39, 0.29) is 6.42 Å². The van der Waals surface area contributed by atoms with Crippen LogP contribution in [-0.2, 0) is 4.79 Å². The number of rotatable bonds is 3. The molecule has 8 nitrogen and oxygen atoms in total. The zero-order valence-electron chi connectivity index (χ0n) is 7.89. The van der Waals surface area contributed by atoms with Gasteiger partial charge in [0.25, 0.3) is 0 Å². The predicted octanol–water partition coefficient (Wildman–Crippen LogP) is 2.23. The number of aliphatic carboxylic acids is 1. The Morgan fingerprint density at radius 3 is 2.33 bits per heavy atom. The fourth-order valence-electron chi connectivity index (χ4n) is 1.75. The molecule has 8 heteroatoms. The third kappa shape index (κ3) is 2.77. The first-order chi connectivity index (χ1) is 7.19. The second kappa shape index (κ2) is 5.09. The molecule has 1 aliphatic rings. The molecular formula is C7H10N6O2. The Kier molecular flexibility index (Phi) is 3.79. The van der Waals surface area contributed by atoms with E-state index >= 15 is 0 Å². The van der Waals surface area contributed by atoms with Crippen LogP contribution < -0.4 is 0 Å². The maximum absolute atomic E-state index is 10.7. The van der Waals surface area contributed by atoms with Crippen molar-refractivity contribution in [3.63, 3.8) is 0 Å². The lowest BCUT2D eigenvalue weighted by atomic mass is 9.83. The summed E-state index contributed by atoms with van der Waals surface area (Å²) in [6.45, 7) is 0. The van der Waals surface area contributed by atoms with E-state index in [1.165, 1.54) is 0 Å². The number of carbonyl (C=O) groups is 1. The third-order valence-corrected chi connectivity index (χ3v) is 2.53. The summed E-state index contributed by atoms with van der Waals surface area (Å²) in [5.74, 6) is -1.40. The SMILES string of the molecule is [N-]=[N+]=N[C@@H]1CCC(C(=O)O)C[C@H]1N=[N+]=[N-]. The minimum Gasteiger partial charge on any atom is -0.481 e. The van der Waals surface area contributed by atoms with Crippen LogP contribution in [-0.4, -0.2) is 23.2 Å². The molecule has 0 bridgehead atoms. The van der Waals surface area contributed by atoms with E-state index in [4.69, 9.17) is 16.2 Å². The van der Waals surface area contributed by atoms with Gasteiger partial charge in [0.2, 0.25) is 0 Å². The van der Waals surface area contributed by atoms with Gasteiger partial charge in [0.1, 0.15) is 0 Å². The highest BCUT2D eigenvalue weighted by Gasteiger charge is 2.32. The molecule has 0 aromatic carbocycles. The topological polar surface area (TPSA) is 135 Å². The van der Waals surface area contributed by atoms with E-state index in [0.717, 1.165) is 0 Å². The molecule has 0 aromatic rings. The van der Waals surface area contributed by atoms with Gasteiger partial charge < -0.3 is 5.11 Å². The van der Waals surface area contributed by atoms with E-state index in [1.54, 1.807) is 0 Å². The molecule has 0 spiro atoms. The van der Waals surface area contributed by atoms with Crippen molar-refractivity contribution in [2.45, 2.75) is 31.3 Å². The van der Waals surface area contributed by atoms with Crippen molar-refractivity contribution in [1.29, 1.82) is 0 Å². The Hall–Kier alpha value is -1.91. The Bertz CT molecular complexity index is 343. The summed E-state index contributed by atoms with van der Waals surface area (Å²) in [7, 11) is 0. The maximum atomic E-state index is 10.7. The van der Waals surface area contributed by atoms with Gasteiger partial charge in [-0.15, -0.1) is 0 Å². The van der Waals surface area contributed by atoms with Crippen molar-refractivity contribution >= 4 is 5.97 Å². The fraction of sp³-hybridized carbons (Fsp3) is 0.857. The van der Waals surface area contributed by atoms with E-state index in [0.29, 0.717) is 12.8 Å².